The average Bonchev–Trinajstić information content (AvgIpc) is 3.90. The number of hydrogen-bond donors (Lipinski definition) is 0. The quantitative estimate of drug-likeness (QED) is 0.166. The fourth-order valence-electron chi connectivity index (χ4n) is 9.47. The number of benzene rings is 8. The lowest BCUT2D eigenvalue weighted by Crippen LogP contribution is -2.05. The van der Waals surface area contributed by atoms with Crippen molar-refractivity contribution in [3.8, 4) is 28.3 Å². The lowest BCUT2D eigenvalue weighted by Gasteiger charge is -2.13. The van der Waals surface area contributed by atoms with Crippen molar-refractivity contribution < 1.29 is 0 Å². The van der Waals surface area contributed by atoms with Gasteiger partial charge in [0.25, 0.3) is 0 Å². The Bertz CT molecular complexity index is 3660. The van der Waals surface area contributed by atoms with Crippen LogP contribution in [0.4, 0.5) is 0 Å². The fraction of sp³-hybridized carbons (Fsp3) is 0.0189. The molecule has 12 aromatic rings. The number of allylic oxidation sites excluding steroid dienone is 1. The minimum Gasteiger partial charge on any atom is -0.308 e. The van der Waals surface area contributed by atoms with Gasteiger partial charge in [0.05, 0.1) is 39.0 Å². The van der Waals surface area contributed by atoms with Crippen LogP contribution in [0.3, 0.4) is 0 Å². The van der Waals surface area contributed by atoms with Crippen LogP contribution >= 0.6 is 0 Å². The topological polar surface area (TPSA) is 35.1 Å². The first-order chi connectivity index (χ1) is 28.2. The van der Waals surface area contributed by atoms with Gasteiger partial charge < -0.3 is 4.40 Å². The largest absolute Gasteiger partial charge is 0.308 e. The summed E-state index contributed by atoms with van der Waals surface area (Å²) in [5.41, 5.74) is 12.0. The number of aromatic nitrogens is 4. The molecule has 0 atom stereocenters. The molecule has 4 heterocycles. The van der Waals surface area contributed by atoms with Gasteiger partial charge in [-0.15, -0.1) is 0 Å². The molecule has 0 spiro atoms. The summed E-state index contributed by atoms with van der Waals surface area (Å²) in [7, 11) is 0. The summed E-state index contributed by atoms with van der Waals surface area (Å²) in [6, 6.07) is 56.8. The molecule has 57 heavy (non-hydrogen) atoms. The molecule has 4 heteroatoms. The standard InChI is InChI=1S/C53H34N4/c1-3-14-45-37(4-2)49-48(31-43-39-28-27-35(32-15-6-5-7-16-32)30-47(39)56-46-22-13-11-20-41(46)50(49)52(43)56)57(45)53-54-44-21-12-10-19-40(44)51(55-53)36-26-25-34-24-23-33-17-8-9-18-38(33)42(34)29-36/h3-31H,2H2,1H3/b14-3-. The van der Waals surface area contributed by atoms with Crippen molar-refractivity contribution in [3.05, 3.63) is 182 Å². The number of rotatable bonds is 5. The second kappa shape index (κ2) is 12.0. The molecule has 0 aliphatic rings. The maximum atomic E-state index is 5.54. The van der Waals surface area contributed by atoms with Gasteiger partial charge in [0.15, 0.2) is 0 Å². The number of hydrogen-bond acceptors (Lipinski definition) is 2. The molecule has 0 aliphatic carbocycles. The Morgan fingerprint density at radius 1 is 0.509 bits per heavy atom. The lowest BCUT2D eigenvalue weighted by atomic mass is 9.98. The van der Waals surface area contributed by atoms with Gasteiger partial charge in [-0.2, -0.15) is 0 Å². The van der Waals surface area contributed by atoms with E-state index in [0.29, 0.717) is 5.95 Å². The average molecular weight is 727 g/mol. The predicted molar refractivity (Wildman–Crippen MR) is 242 cm³/mol. The van der Waals surface area contributed by atoms with Crippen LogP contribution in [0.2, 0.25) is 0 Å². The molecule has 0 amide bonds. The molecule has 0 bridgehead atoms. The molecule has 0 N–H and O–H groups in total. The van der Waals surface area contributed by atoms with E-state index in [1.165, 1.54) is 70.8 Å². The highest BCUT2D eigenvalue weighted by atomic mass is 15.2. The van der Waals surface area contributed by atoms with E-state index in [9.17, 15) is 0 Å². The van der Waals surface area contributed by atoms with Gasteiger partial charge in [-0.3, -0.25) is 4.57 Å². The van der Waals surface area contributed by atoms with Crippen LogP contribution in [0.1, 0.15) is 18.2 Å². The Morgan fingerprint density at radius 3 is 2.07 bits per heavy atom. The van der Waals surface area contributed by atoms with E-state index in [1.807, 2.05) is 6.08 Å². The second-order valence-corrected chi connectivity index (χ2v) is 14.9. The van der Waals surface area contributed by atoms with Crippen LogP contribution in [0, 0.1) is 0 Å². The van der Waals surface area contributed by atoms with Crippen molar-refractivity contribution in [3.63, 3.8) is 0 Å². The number of fused-ring (bicyclic) bond motifs is 12. The van der Waals surface area contributed by atoms with Crippen LogP contribution in [0.25, 0.3) is 122 Å². The summed E-state index contributed by atoms with van der Waals surface area (Å²) in [5.74, 6) is 0.626. The Balaban J connectivity index is 1.21. The molecule has 4 aromatic heterocycles. The molecule has 0 aliphatic heterocycles. The molecule has 0 saturated heterocycles. The van der Waals surface area contributed by atoms with Crippen LogP contribution in [-0.4, -0.2) is 18.9 Å². The van der Waals surface area contributed by atoms with Gasteiger partial charge in [-0.1, -0.05) is 146 Å². The van der Waals surface area contributed by atoms with Crippen molar-refractivity contribution in [1.29, 1.82) is 0 Å². The zero-order chi connectivity index (χ0) is 37.8. The number of para-hydroxylation sites is 2. The van der Waals surface area contributed by atoms with E-state index >= 15 is 0 Å². The smallest absolute Gasteiger partial charge is 0.235 e. The van der Waals surface area contributed by atoms with Crippen LogP contribution in [0.5, 0.6) is 0 Å². The highest BCUT2D eigenvalue weighted by molar-refractivity contribution is 6.32. The van der Waals surface area contributed by atoms with E-state index in [0.717, 1.165) is 44.3 Å². The third-order valence-electron chi connectivity index (χ3n) is 11.9. The maximum absolute atomic E-state index is 5.54. The van der Waals surface area contributed by atoms with Gasteiger partial charge in [0.2, 0.25) is 5.95 Å². The van der Waals surface area contributed by atoms with E-state index < -0.39 is 0 Å². The molecular weight excluding hydrogens is 693 g/mol. The van der Waals surface area contributed by atoms with E-state index in [-0.39, 0.29) is 0 Å². The normalized spacial score (nSPS) is 12.3. The molecular formula is C53H34N4. The third kappa shape index (κ3) is 4.44. The Morgan fingerprint density at radius 2 is 1.23 bits per heavy atom. The summed E-state index contributed by atoms with van der Waals surface area (Å²) in [6.07, 6.45) is 6.28. The molecule has 8 aromatic carbocycles. The van der Waals surface area contributed by atoms with E-state index in [4.69, 9.17) is 9.97 Å². The summed E-state index contributed by atoms with van der Waals surface area (Å²) in [5, 5.41) is 11.9. The van der Waals surface area contributed by atoms with E-state index in [2.05, 4.69) is 192 Å². The molecule has 0 saturated carbocycles. The minimum absolute atomic E-state index is 0.626. The Kier molecular flexibility index (Phi) is 6.67. The van der Waals surface area contributed by atoms with Gasteiger partial charge in [-0.05, 0) is 76.0 Å². The van der Waals surface area contributed by atoms with Crippen molar-refractivity contribution in [2.24, 2.45) is 0 Å². The molecule has 12 rings (SSSR count). The summed E-state index contributed by atoms with van der Waals surface area (Å²) >= 11 is 0. The van der Waals surface area contributed by atoms with Gasteiger partial charge in [-0.25, -0.2) is 9.97 Å². The van der Waals surface area contributed by atoms with Crippen LogP contribution in [-0.2, 0) is 0 Å². The van der Waals surface area contributed by atoms with Crippen molar-refractivity contribution in [2.45, 2.75) is 6.92 Å². The first-order valence-electron chi connectivity index (χ1n) is 19.5. The zero-order valence-electron chi connectivity index (χ0n) is 31.2. The Hall–Kier alpha value is -7.56. The Labute approximate surface area is 328 Å². The lowest BCUT2D eigenvalue weighted by molar-refractivity contribution is 0.973. The maximum Gasteiger partial charge on any atom is 0.235 e. The van der Waals surface area contributed by atoms with Gasteiger partial charge in [0, 0.05) is 43.4 Å². The predicted octanol–water partition coefficient (Wildman–Crippen LogP) is 14.0. The fourth-order valence-corrected chi connectivity index (χ4v) is 9.47. The van der Waals surface area contributed by atoms with Crippen molar-refractivity contribution in [1.82, 2.24) is 18.9 Å². The highest BCUT2D eigenvalue weighted by Crippen LogP contribution is 2.47. The highest BCUT2D eigenvalue weighted by Gasteiger charge is 2.27. The first-order valence-corrected chi connectivity index (χ1v) is 19.5. The molecule has 0 fully saturated rings. The zero-order valence-corrected chi connectivity index (χ0v) is 31.2. The van der Waals surface area contributed by atoms with Crippen LogP contribution < -0.4 is 0 Å². The van der Waals surface area contributed by atoms with Gasteiger partial charge >= 0.3 is 0 Å². The van der Waals surface area contributed by atoms with E-state index in [1.54, 1.807) is 0 Å². The van der Waals surface area contributed by atoms with Crippen molar-refractivity contribution in [2.75, 3.05) is 0 Å². The van der Waals surface area contributed by atoms with Crippen molar-refractivity contribution >= 4 is 93.6 Å². The summed E-state index contributed by atoms with van der Waals surface area (Å²) < 4.78 is 4.73. The number of nitrogens with zero attached hydrogens (tertiary/aromatic N) is 4. The molecule has 266 valence electrons. The first kappa shape index (κ1) is 31.8. The SMILES string of the molecule is C=Cc1c(/C=C\C)n(-c2nc(-c3ccc4ccc5ccccc5c4c3)c3ccccc3n2)c2cc3c4ccc(-c5ccccc5)cc4n4c5ccccc5c(c12)c34. The molecule has 0 radical (unpaired) electrons. The molecule has 4 nitrogen and oxygen atoms in total. The van der Waals surface area contributed by atoms with Crippen LogP contribution in [0.15, 0.2) is 170 Å². The second-order valence-electron chi connectivity index (χ2n) is 14.9. The summed E-state index contributed by atoms with van der Waals surface area (Å²) in [4.78, 5) is 10.9. The van der Waals surface area contributed by atoms with Gasteiger partial charge in [0.1, 0.15) is 0 Å². The monoisotopic (exact) mass is 726 g/mol. The molecule has 0 unspecified atom stereocenters. The minimum atomic E-state index is 0.626. The third-order valence-corrected chi connectivity index (χ3v) is 11.9. The summed E-state index contributed by atoms with van der Waals surface area (Å²) in [6.45, 7) is 6.49.